The Kier molecular flexibility index (Phi) is 6.61. The van der Waals surface area contributed by atoms with E-state index in [4.69, 9.17) is 5.11 Å². The molecule has 2 rings (SSSR count). The minimum absolute atomic E-state index is 0.0730. The summed E-state index contributed by atoms with van der Waals surface area (Å²) in [7, 11) is 1.91. The third-order valence-electron chi connectivity index (χ3n) is 4.35. The minimum atomic E-state index is -0.122. The maximum absolute atomic E-state index is 12.8. The first-order valence-corrected chi connectivity index (χ1v) is 9.36. The SMILES string of the molecule is Cc1ccc(CN(CCCO)C(=O)N[C@H](C)c2c(C)nn(C)c2C)s1. The van der Waals surface area contributed by atoms with E-state index in [9.17, 15) is 4.79 Å². The van der Waals surface area contributed by atoms with E-state index >= 15 is 0 Å². The number of rotatable bonds is 7. The van der Waals surface area contributed by atoms with Crippen LogP contribution in [0.5, 0.6) is 0 Å². The van der Waals surface area contributed by atoms with Crippen LogP contribution in [0.2, 0.25) is 0 Å². The number of nitrogens with one attached hydrogen (secondary N) is 1. The quantitative estimate of drug-likeness (QED) is 0.793. The summed E-state index contributed by atoms with van der Waals surface area (Å²) < 4.78 is 1.84. The zero-order chi connectivity index (χ0) is 18.6. The van der Waals surface area contributed by atoms with Gasteiger partial charge in [-0.25, -0.2) is 4.79 Å². The van der Waals surface area contributed by atoms with Gasteiger partial charge in [-0.05, 0) is 46.2 Å². The summed E-state index contributed by atoms with van der Waals surface area (Å²) in [6.45, 7) is 9.17. The van der Waals surface area contributed by atoms with Crippen molar-refractivity contribution in [1.29, 1.82) is 0 Å². The van der Waals surface area contributed by atoms with Crippen LogP contribution in [0.3, 0.4) is 0 Å². The van der Waals surface area contributed by atoms with Crippen molar-refractivity contribution < 1.29 is 9.90 Å². The second kappa shape index (κ2) is 8.49. The number of nitrogens with zero attached hydrogens (tertiary/aromatic N) is 3. The molecule has 2 N–H and O–H groups in total. The fourth-order valence-corrected chi connectivity index (χ4v) is 3.94. The van der Waals surface area contributed by atoms with Crippen molar-refractivity contribution >= 4 is 17.4 Å². The van der Waals surface area contributed by atoms with E-state index in [2.05, 4.69) is 29.5 Å². The summed E-state index contributed by atoms with van der Waals surface area (Å²) in [4.78, 5) is 16.9. The summed E-state index contributed by atoms with van der Waals surface area (Å²) in [5, 5.41) is 16.6. The molecule has 0 fully saturated rings. The number of aliphatic hydroxyl groups excluding tert-OH is 1. The number of amides is 2. The lowest BCUT2D eigenvalue weighted by molar-refractivity contribution is 0.184. The molecule has 25 heavy (non-hydrogen) atoms. The molecule has 2 aromatic heterocycles. The molecule has 0 aromatic carbocycles. The van der Waals surface area contributed by atoms with Crippen molar-refractivity contribution in [2.45, 2.75) is 46.7 Å². The Labute approximate surface area is 153 Å². The highest BCUT2D eigenvalue weighted by molar-refractivity contribution is 7.11. The van der Waals surface area contributed by atoms with Crippen LogP contribution in [0.1, 0.15) is 46.1 Å². The molecule has 2 heterocycles. The lowest BCUT2D eigenvalue weighted by atomic mass is 10.1. The monoisotopic (exact) mass is 364 g/mol. The van der Waals surface area contributed by atoms with Gasteiger partial charge >= 0.3 is 6.03 Å². The maximum atomic E-state index is 12.8. The Morgan fingerprint density at radius 1 is 1.40 bits per heavy atom. The first-order valence-electron chi connectivity index (χ1n) is 8.55. The molecular weight excluding hydrogens is 336 g/mol. The van der Waals surface area contributed by atoms with Crippen molar-refractivity contribution in [2.75, 3.05) is 13.2 Å². The van der Waals surface area contributed by atoms with Gasteiger partial charge < -0.3 is 15.3 Å². The Morgan fingerprint density at radius 2 is 2.12 bits per heavy atom. The summed E-state index contributed by atoms with van der Waals surface area (Å²) in [5.41, 5.74) is 3.05. The highest BCUT2D eigenvalue weighted by atomic mass is 32.1. The second-order valence-corrected chi connectivity index (χ2v) is 7.76. The van der Waals surface area contributed by atoms with Gasteiger partial charge in [-0.2, -0.15) is 5.10 Å². The third kappa shape index (κ3) is 4.83. The zero-order valence-electron chi connectivity index (χ0n) is 15.7. The Balaban J connectivity index is 2.09. The third-order valence-corrected chi connectivity index (χ3v) is 5.34. The van der Waals surface area contributed by atoms with Gasteiger partial charge in [-0.3, -0.25) is 4.68 Å². The Hall–Kier alpha value is -1.86. The molecule has 0 aliphatic carbocycles. The number of aliphatic hydroxyl groups is 1. The molecule has 2 aromatic rings. The number of thiophene rings is 1. The summed E-state index contributed by atoms with van der Waals surface area (Å²) in [6.07, 6.45) is 0.567. The number of aromatic nitrogens is 2. The van der Waals surface area contributed by atoms with Crippen LogP contribution in [-0.4, -0.2) is 39.0 Å². The average molecular weight is 365 g/mol. The minimum Gasteiger partial charge on any atom is -0.396 e. The molecular formula is C18H28N4O2S. The molecule has 0 aliphatic heterocycles. The normalized spacial score (nSPS) is 12.2. The van der Waals surface area contributed by atoms with Gasteiger partial charge in [-0.15, -0.1) is 11.3 Å². The Morgan fingerprint density at radius 3 is 2.64 bits per heavy atom. The van der Waals surface area contributed by atoms with Gasteiger partial charge in [0.05, 0.1) is 18.3 Å². The molecule has 138 valence electrons. The molecule has 0 saturated heterocycles. The highest BCUT2D eigenvalue weighted by Crippen LogP contribution is 2.22. The average Bonchev–Trinajstić information content (AvgIpc) is 3.06. The van der Waals surface area contributed by atoms with Gasteiger partial charge in [-0.1, -0.05) is 0 Å². The fourth-order valence-electron chi connectivity index (χ4n) is 3.04. The standard InChI is InChI=1S/C18H28N4O2S/c1-12-7-8-16(25-12)11-22(9-6-10-23)18(24)19-13(2)17-14(3)20-21(5)15(17)4/h7-8,13,23H,6,9-11H2,1-5H3,(H,19,24)/t13-/m1/s1. The van der Waals surface area contributed by atoms with Gasteiger partial charge in [0.2, 0.25) is 0 Å². The van der Waals surface area contributed by atoms with E-state index in [0.717, 1.165) is 21.8 Å². The molecule has 0 saturated carbocycles. The van der Waals surface area contributed by atoms with Crippen molar-refractivity contribution in [2.24, 2.45) is 7.05 Å². The summed E-state index contributed by atoms with van der Waals surface area (Å²) in [6, 6.07) is 3.88. The van der Waals surface area contributed by atoms with Crippen LogP contribution in [0.25, 0.3) is 0 Å². The topological polar surface area (TPSA) is 70.4 Å². The van der Waals surface area contributed by atoms with Crippen LogP contribution in [0.15, 0.2) is 12.1 Å². The van der Waals surface area contributed by atoms with Crippen molar-refractivity contribution in [3.8, 4) is 0 Å². The second-order valence-electron chi connectivity index (χ2n) is 6.39. The van der Waals surface area contributed by atoms with E-state index < -0.39 is 0 Å². The summed E-state index contributed by atoms with van der Waals surface area (Å²) in [5.74, 6) is 0. The van der Waals surface area contributed by atoms with Crippen LogP contribution >= 0.6 is 11.3 Å². The van der Waals surface area contributed by atoms with E-state index in [1.165, 1.54) is 4.88 Å². The summed E-state index contributed by atoms with van der Waals surface area (Å²) >= 11 is 1.69. The lowest BCUT2D eigenvalue weighted by Gasteiger charge is -2.25. The molecule has 0 radical (unpaired) electrons. The molecule has 2 amide bonds. The largest absolute Gasteiger partial charge is 0.396 e. The van der Waals surface area contributed by atoms with Gasteiger partial charge in [0.15, 0.2) is 0 Å². The van der Waals surface area contributed by atoms with E-state index in [1.807, 2.05) is 32.5 Å². The Bertz CT molecular complexity index is 723. The molecule has 6 nitrogen and oxygen atoms in total. The lowest BCUT2D eigenvalue weighted by Crippen LogP contribution is -2.41. The number of carbonyl (C=O) groups is 1. The van der Waals surface area contributed by atoms with Crippen molar-refractivity contribution in [1.82, 2.24) is 20.0 Å². The number of hydrogen-bond donors (Lipinski definition) is 2. The van der Waals surface area contributed by atoms with Crippen molar-refractivity contribution in [3.63, 3.8) is 0 Å². The van der Waals surface area contributed by atoms with Gasteiger partial charge in [0.1, 0.15) is 0 Å². The van der Waals surface area contributed by atoms with E-state index in [0.29, 0.717) is 19.5 Å². The predicted octanol–water partition coefficient (Wildman–Crippen LogP) is 3.06. The van der Waals surface area contributed by atoms with E-state index in [1.54, 1.807) is 16.2 Å². The van der Waals surface area contributed by atoms with Crippen LogP contribution < -0.4 is 5.32 Å². The molecule has 0 unspecified atom stereocenters. The number of urea groups is 1. The number of hydrogen-bond acceptors (Lipinski definition) is 4. The van der Waals surface area contributed by atoms with Crippen LogP contribution in [0, 0.1) is 20.8 Å². The zero-order valence-corrected chi connectivity index (χ0v) is 16.5. The van der Waals surface area contributed by atoms with Gasteiger partial charge in [0.25, 0.3) is 0 Å². The highest BCUT2D eigenvalue weighted by Gasteiger charge is 2.21. The van der Waals surface area contributed by atoms with Gasteiger partial charge in [0, 0.05) is 41.2 Å². The predicted molar refractivity (Wildman–Crippen MR) is 101 cm³/mol. The smallest absolute Gasteiger partial charge is 0.318 e. The first-order chi connectivity index (χ1) is 11.8. The molecule has 0 bridgehead atoms. The number of aryl methyl sites for hydroxylation is 3. The van der Waals surface area contributed by atoms with E-state index in [-0.39, 0.29) is 18.7 Å². The molecule has 0 aliphatic rings. The van der Waals surface area contributed by atoms with Crippen LogP contribution in [0.4, 0.5) is 4.79 Å². The maximum Gasteiger partial charge on any atom is 0.318 e. The first kappa shape index (κ1) is 19.5. The fraction of sp³-hybridized carbons (Fsp3) is 0.556. The molecule has 0 spiro atoms. The number of carbonyl (C=O) groups excluding carboxylic acids is 1. The molecule has 1 atom stereocenters. The van der Waals surface area contributed by atoms with Crippen molar-refractivity contribution in [3.05, 3.63) is 38.8 Å². The van der Waals surface area contributed by atoms with Crippen LogP contribution in [-0.2, 0) is 13.6 Å². The molecule has 7 heteroatoms.